The number of ether oxygens (including phenoxy) is 1. The van der Waals surface area contributed by atoms with Crippen molar-refractivity contribution in [2.24, 2.45) is 11.8 Å². The fourth-order valence-electron chi connectivity index (χ4n) is 3.41. The monoisotopic (exact) mass is 370 g/mol. The summed E-state index contributed by atoms with van der Waals surface area (Å²) in [6.07, 6.45) is 0.888. The van der Waals surface area contributed by atoms with Crippen LogP contribution >= 0.6 is 11.3 Å². The lowest BCUT2D eigenvalue weighted by atomic mass is 9.96. The average Bonchev–Trinajstić information content (AvgIpc) is 3.02. The van der Waals surface area contributed by atoms with E-state index in [4.69, 9.17) is 10.6 Å². The second kappa shape index (κ2) is 6.83. The van der Waals surface area contributed by atoms with E-state index in [9.17, 15) is 4.79 Å². The Bertz CT molecular complexity index is 994. The Balaban J connectivity index is 1.86. The first-order valence-corrected chi connectivity index (χ1v) is 9.57. The summed E-state index contributed by atoms with van der Waals surface area (Å²) in [6, 6.07) is 9.85. The number of nitrogens with zero attached hydrogens (tertiary/aromatic N) is 2. The Morgan fingerprint density at radius 3 is 2.85 bits per heavy atom. The standard InChI is InChI=1S/C19H22N4O2S/c1-11(2)14-8-13-15(10-25-14)26-17-16(13)18(24)23(19(21-17)22-20)9-12-6-4-3-5-7-12/h3-7,11,14H,8-10,20H2,1-2H3,(H,21,22)/t14-/m1/s1. The highest BCUT2D eigenvalue weighted by molar-refractivity contribution is 7.18. The number of hydrogen-bond donors (Lipinski definition) is 2. The van der Waals surface area contributed by atoms with Crippen LogP contribution < -0.4 is 16.8 Å². The Morgan fingerprint density at radius 1 is 1.38 bits per heavy atom. The smallest absolute Gasteiger partial charge is 0.264 e. The minimum atomic E-state index is -0.0475. The summed E-state index contributed by atoms with van der Waals surface area (Å²) in [4.78, 5) is 19.8. The molecule has 3 aromatic rings. The van der Waals surface area contributed by atoms with Gasteiger partial charge in [0.15, 0.2) is 0 Å². The maximum absolute atomic E-state index is 13.3. The molecule has 26 heavy (non-hydrogen) atoms. The molecule has 0 spiro atoms. The van der Waals surface area contributed by atoms with Crippen LogP contribution in [0.2, 0.25) is 0 Å². The van der Waals surface area contributed by atoms with Gasteiger partial charge in [-0.3, -0.25) is 14.8 Å². The summed E-state index contributed by atoms with van der Waals surface area (Å²) in [5, 5.41) is 0.717. The summed E-state index contributed by atoms with van der Waals surface area (Å²) in [5.74, 6) is 6.44. The van der Waals surface area contributed by atoms with Gasteiger partial charge in [0.05, 0.1) is 24.6 Å². The van der Waals surface area contributed by atoms with Crippen LogP contribution in [-0.2, 0) is 24.3 Å². The van der Waals surface area contributed by atoms with Gasteiger partial charge in [0, 0.05) is 11.3 Å². The van der Waals surface area contributed by atoms with Gasteiger partial charge in [-0.2, -0.15) is 0 Å². The molecule has 1 aliphatic heterocycles. The van der Waals surface area contributed by atoms with Crippen molar-refractivity contribution < 1.29 is 4.74 Å². The van der Waals surface area contributed by atoms with E-state index in [0.717, 1.165) is 27.3 Å². The highest BCUT2D eigenvalue weighted by atomic mass is 32.1. The van der Waals surface area contributed by atoms with Crippen LogP contribution in [0.3, 0.4) is 0 Å². The number of rotatable bonds is 4. The third kappa shape index (κ3) is 2.92. The quantitative estimate of drug-likeness (QED) is 0.545. The van der Waals surface area contributed by atoms with Crippen LogP contribution in [-0.4, -0.2) is 15.7 Å². The number of nitrogen functional groups attached to an aromatic ring is 1. The Hall–Kier alpha value is -2.22. The summed E-state index contributed by atoms with van der Waals surface area (Å²) in [6.45, 7) is 5.26. The SMILES string of the molecule is CC(C)[C@H]1Cc2c(sc3nc(NN)n(Cc4ccccc4)c(=O)c23)CO1. The summed E-state index contributed by atoms with van der Waals surface area (Å²) >= 11 is 1.53. The third-order valence-corrected chi connectivity index (χ3v) is 5.98. The first kappa shape index (κ1) is 17.2. The van der Waals surface area contributed by atoms with E-state index >= 15 is 0 Å². The molecule has 3 N–H and O–H groups in total. The number of hydrogen-bond acceptors (Lipinski definition) is 6. The van der Waals surface area contributed by atoms with Crippen molar-refractivity contribution in [1.82, 2.24) is 9.55 Å². The summed E-state index contributed by atoms with van der Waals surface area (Å²) in [5.41, 5.74) is 4.66. The van der Waals surface area contributed by atoms with Crippen molar-refractivity contribution in [2.75, 3.05) is 5.43 Å². The number of hydrazine groups is 1. The second-order valence-corrected chi connectivity index (χ2v) is 8.02. The van der Waals surface area contributed by atoms with E-state index in [2.05, 4.69) is 24.3 Å². The number of thiophene rings is 1. The molecule has 0 bridgehead atoms. The molecule has 2 aromatic heterocycles. The zero-order valence-corrected chi connectivity index (χ0v) is 15.7. The Kier molecular flexibility index (Phi) is 4.52. The Labute approximate surface area is 155 Å². The molecule has 3 heterocycles. The van der Waals surface area contributed by atoms with E-state index in [1.807, 2.05) is 30.3 Å². The maximum Gasteiger partial charge on any atom is 0.264 e. The molecule has 7 heteroatoms. The highest BCUT2D eigenvalue weighted by Gasteiger charge is 2.28. The van der Waals surface area contributed by atoms with Crippen molar-refractivity contribution in [3.63, 3.8) is 0 Å². The molecule has 0 amide bonds. The van der Waals surface area contributed by atoms with Crippen molar-refractivity contribution >= 4 is 27.5 Å². The topological polar surface area (TPSA) is 82.2 Å². The van der Waals surface area contributed by atoms with Gasteiger partial charge in [0.25, 0.3) is 5.56 Å². The van der Waals surface area contributed by atoms with Crippen molar-refractivity contribution in [3.8, 4) is 0 Å². The summed E-state index contributed by atoms with van der Waals surface area (Å²) < 4.78 is 7.57. The lowest BCUT2D eigenvalue weighted by Gasteiger charge is -2.26. The fraction of sp³-hybridized carbons (Fsp3) is 0.368. The number of fused-ring (bicyclic) bond motifs is 3. The van der Waals surface area contributed by atoms with Gasteiger partial charge in [-0.15, -0.1) is 11.3 Å². The van der Waals surface area contributed by atoms with E-state index in [0.29, 0.717) is 30.4 Å². The number of aromatic nitrogens is 2. The predicted octanol–water partition coefficient (Wildman–Crippen LogP) is 2.89. The molecular formula is C19H22N4O2S. The van der Waals surface area contributed by atoms with Gasteiger partial charge in [0.2, 0.25) is 5.95 Å². The van der Waals surface area contributed by atoms with E-state index in [1.54, 1.807) is 4.57 Å². The van der Waals surface area contributed by atoms with E-state index in [1.165, 1.54) is 11.3 Å². The fourth-order valence-corrected chi connectivity index (χ4v) is 4.52. The predicted molar refractivity (Wildman–Crippen MR) is 104 cm³/mol. The van der Waals surface area contributed by atoms with E-state index in [-0.39, 0.29) is 11.7 Å². The zero-order chi connectivity index (χ0) is 18.3. The van der Waals surface area contributed by atoms with Gasteiger partial charge in [0.1, 0.15) is 4.83 Å². The van der Waals surface area contributed by atoms with Crippen LogP contribution in [0, 0.1) is 5.92 Å². The number of nitrogens with two attached hydrogens (primary N) is 1. The van der Waals surface area contributed by atoms with Crippen molar-refractivity contribution in [3.05, 3.63) is 56.7 Å². The normalized spacial score (nSPS) is 16.8. The lowest BCUT2D eigenvalue weighted by molar-refractivity contribution is 0.00200. The zero-order valence-electron chi connectivity index (χ0n) is 14.9. The molecule has 0 saturated carbocycles. The van der Waals surface area contributed by atoms with Crippen LogP contribution in [0.4, 0.5) is 5.95 Å². The molecule has 0 fully saturated rings. The summed E-state index contributed by atoms with van der Waals surface area (Å²) in [7, 11) is 0. The van der Waals surface area contributed by atoms with Crippen LogP contribution in [0.5, 0.6) is 0 Å². The number of nitrogens with one attached hydrogen (secondary N) is 1. The second-order valence-electron chi connectivity index (χ2n) is 6.94. The van der Waals surface area contributed by atoms with Gasteiger partial charge in [-0.05, 0) is 17.0 Å². The average molecular weight is 370 g/mol. The largest absolute Gasteiger partial charge is 0.372 e. The van der Waals surface area contributed by atoms with Crippen LogP contribution in [0.15, 0.2) is 35.1 Å². The number of anilines is 1. The minimum Gasteiger partial charge on any atom is -0.372 e. The Morgan fingerprint density at radius 2 is 2.15 bits per heavy atom. The lowest BCUT2D eigenvalue weighted by Crippen LogP contribution is -2.30. The van der Waals surface area contributed by atoms with Crippen LogP contribution in [0.1, 0.15) is 29.9 Å². The molecule has 1 aliphatic rings. The molecule has 1 aromatic carbocycles. The molecule has 0 saturated heterocycles. The van der Waals surface area contributed by atoms with Crippen LogP contribution in [0.25, 0.3) is 10.2 Å². The molecular weight excluding hydrogens is 348 g/mol. The molecule has 1 atom stereocenters. The molecule has 4 rings (SSSR count). The van der Waals surface area contributed by atoms with Crippen molar-refractivity contribution in [1.29, 1.82) is 0 Å². The minimum absolute atomic E-state index is 0.0475. The van der Waals surface area contributed by atoms with Gasteiger partial charge in [-0.1, -0.05) is 44.2 Å². The third-order valence-electron chi connectivity index (χ3n) is 4.88. The van der Waals surface area contributed by atoms with Gasteiger partial charge in [-0.25, -0.2) is 10.8 Å². The van der Waals surface area contributed by atoms with Gasteiger partial charge >= 0.3 is 0 Å². The van der Waals surface area contributed by atoms with E-state index < -0.39 is 0 Å². The maximum atomic E-state index is 13.3. The van der Waals surface area contributed by atoms with Crippen molar-refractivity contribution in [2.45, 2.75) is 39.5 Å². The molecule has 6 nitrogen and oxygen atoms in total. The van der Waals surface area contributed by atoms with Gasteiger partial charge < -0.3 is 4.74 Å². The molecule has 0 radical (unpaired) electrons. The highest BCUT2D eigenvalue weighted by Crippen LogP contribution is 2.35. The molecule has 136 valence electrons. The first-order chi connectivity index (χ1) is 12.6. The molecule has 0 unspecified atom stereocenters. The molecule has 0 aliphatic carbocycles. The number of benzene rings is 1. The first-order valence-electron chi connectivity index (χ1n) is 8.75.